The zero-order valence-corrected chi connectivity index (χ0v) is 12.8. The molecule has 3 rings (SSSR count). The molecule has 0 aliphatic carbocycles. The molecule has 1 unspecified atom stereocenters. The molecule has 0 amide bonds. The molecule has 2 aromatic rings. The van der Waals surface area contributed by atoms with Gasteiger partial charge in [0.25, 0.3) is 0 Å². The smallest absolute Gasteiger partial charge is 0.430 e. The normalized spacial score (nSPS) is 17.2. The van der Waals surface area contributed by atoms with Crippen LogP contribution in [0.25, 0.3) is 16.5 Å². The fraction of sp³-hybridized carbons (Fsp3) is 0.133. The largest absolute Gasteiger partial charge is 0.478 e. The van der Waals surface area contributed by atoms with E-state index in [1.165, 1.54) is 17.4 Å². The van der Waals surface area contributed by atoms with E-state index < -0.39 is 23.8 Å². The number of aliphatic carboxylic acids is 1. The maximum Gasteiger partial charge on any atom is 0.430 e. The molecule has 23 heavy (non-hydrogen) atoms. The van der Waals surface area contributed by atoms with E-state index in [1.54, 1.807) is 24.3 Å². The van der Waals surface area contributed by atoms with Crippen molar-refractivity contribution in [2.45, 2.75) is 12.3 Å². The van der Waals surface area contributed by atoms with Gasteiger partial charge in [-0.2, -0.15) is 13.2 Å². The van der Waals surface area contributed by atoms with Crippen LogP contribution in [0.15, 0.2) is 35.9 Å². The van der Waals surface area contributed by atoms with E-state index >= 15 is 0 Å². The summed E-state index contributed by atoms with van der Waals surface area (Å²) in [6, 6.07) is 8.06. The molecule has 0 saturated carbocycles. The number of carboxylic acids is 1. The lowest BCUT2D eigenvalue weighted by atomic mass is 9.99. The van der Waals surface area contributed by atoms with Gasteiger partial charge in [0.1, 0.15) is 5.75 Å². The summed E-state index contributed by atoms with van der Waals surface area (Å²) in [5.74, 6) is -1.67. The number of hydrogen-bond donors (Lipinski definition) is 1. The fourth-order valence-electron chi connectivity index (χ4n) is 2.24. The summed E-state index contributed by atoms with van der Waals surface area (Å²) < 4.78 is 44.3. The predicted molar refractivity (Wildman–Crippen MR) is 80.8 cm³/mol. The van der Waals surface area contributed by atoms with Gasteiger partial charge < -0.3 is 9.84 Å². The molecule has 1 aliphatic heterocycles. The summed E-state index contributed by atoms with van der Waals surface area (Å²) in [4.78, 5) is 11.9. The summed E-state index contributed by atoms with van der Waals surface area (Å²) >= 11 is 7.18. The summed E-state index contributed by atoms with van der Waals surface area (Å²) in [6.07, 6.45) is -6.28. The zero-order valence-electron chi connectivity index (χ0n) is 11.2. The minimum absolute atomic E-state index is 0.0104. The third kappa shape index (κ3) is 3.07. The van der Waals surface area contributed by atoms with E-state index in [0.29, 0.717) is 4.34 Å². The maximum absolute atomic E-state index is 13.0. The van der Waals surface area contributed by atoms with Gasteiger partial charge in [0.05, 0.1) is 9.91 Å². The molecule has 1 N–H and O–H groups in total. The van der Waals surface area contributed by atoms with Gasteiger partial charge >= 0.3 is 12.1 Å². The van der Waals surface area contributed by atoms with Gasteiger partial charge in [0.15, 0.2) is 0 Å². The van der Waals surface area contributed by atoms with E-state index in [1.807, 2.05) is 0 Å². The van der Waals surface area contributed by atoms with Gasteiger partial charge in [-0.1, -0.05) is 11.6 Å². The Morgan fingerprint density at radius 2 is 2.00 bits per heavy atom. The average Bonchev–Trinajstić information content (AvgIpc) is 2.91. The van der Waals surface area contributed by atoms with Crippen molar-refractivity contribution >= 4 is 35.0 Å². The highest BCUT2D eigenvalue weighted by atomic mass is 35.5. The number of fused-ring (bicyclic) bond motifs is 1. The van der Waals surface area contributed by atoms with Gasteiger partial charge in [0.2, 0.25) is 6.10 Å². The molecule has 1 aromatic carbocycles. The van der Waals surface area contributed by atoms with Gasteiger partial charge in [0, 0.05) is 10.4 Å². The van der Waals surface area contributed by atoms with E-state index in [-0.39, 0.29) is 11.3 Å². The third-order valence-electron chi connectivity index (χ3n) is 3.25. The van der Waals surface area contributed by atoms with Gasteiger partial charge in [-0.3, -0.25) is 0 Å². The van der Waals surface area contributed by atoms with Gasteiger partial charge in [-0.05, 0) is 42.0 Å². The number of carboxylic acid groups (broad SMARTS) is 1. The SMILES string of the molecule is O=C(O)C1=Cc2cc(-c3ccc(Cl)s3)ccc2OC1C(F)(F)F. The van der Waals surface area contributed by atoms with Crippen LogP contribution in [0.1, 0.15) is 5.56 Å². The molecule has 0 radical (unpaired) electrons. The Morgan fingerprint density at radius 1 is 1.26 bits per heavy atom. The zero-order chi connectivity index (χ0) is 16.8. The van der Waals surface area contributed by atoms with Crippen molar-refractivity contribution in [2.75, 3.05) is 0 Å². The molecule has 8 heteroatoms. The number of hydrogen-bond acceptors (Lipinski definition) is 3. The van der Waals surface area contributed by atoms with Crippen LogP contribution >= 0.6 is 22.9 Å². The monoisotopic (exact) mass is 360 g/mol. The van der Waals surface area contributed by atoms with Crippen molar-refractivity contribution < 1.29 is 27.8 Å². The standard InChI is InChI=1S/C15H8ClF3O3S/c16-12-4-3-11(23-12)7-1-2-10-8(5-7)6-9(14(20)21)13(22-10)15(17,18)19/h1-6,13H,(H,20,21). The lowest BCUT2D eigenvalue weighted by Crippen LogP contribution is -2.40. The number of alkyl halides is 3. The minimum atomic E-state index is -4.80. The lowest BCUT2D eigenvalue weighted by Gasteiger charge is -2.27. The van der Waals surface area contributed by atoms with Crippen molar-refractivity contribution in [2.24, 2.45) is 0 Å². The van der Waals surface area contributed by atoms with Crippen molar-refractivity contribution in [1.82, 2.24) is 0 Å². The Labute approximate surface area is 137 Å². The second-order valence-corrected chi connectivity index (χ2v) is 6.52. The number of carbonyl (C=O) groups is 1. The number of ether oxygens (including phenoxy) is 1. The van der Waals surface area contributed by atoms with E-state index in [9.17, 15) is 18.0 Å². The average molecular weight is 361 g/mol. The molecule has 1 atom stereocenters. The first-order chi connectivity index (χ1) is 10.8. The molecular formula is C15H8ClF3O3S. The second kappa shape index (κ2) is 5.58. The van der Waals surface area contributed by atoms with Crippen LogP contribution in [0.3, 0.4) is 0 Å². The number of rotatable bonds is 2. The minimum Gasteiger partial charge on any atom is -0.478 e. The van der Waals surface area contributed by atoms with E-state index in [0.717, 1.165) is 16.5 Å². The maximum atomic E-state index is 13.0. The summed E-state index contributed by atoms with van der Waals surface area (Å²) in [5.41, 5.74) is 0.159. The van der Waals surface area contributed by atoms with Crippen molar-refractivity contribution in [3.8, 4) is 16.2 Å². The Balaban J connectivity index is 2.07. The molecule has 1 aliphatic rings. The highest BCUT2D eigenvalue weighted by Gasteiger charge is 2.48. The molecule has 0 fully saturated rings. The van der Waals surface area contributed by atoms with E-state index in [4.69, 9.17) is 21.4 Å². The lowest BCUT2D eigenvalue weighted by molar-refractivity contribution is -0.187. The quantitative estimate of drug-likeness (QED) is 0.832. The molecule has 3 nitrogen and oxygen atoms in total. The topological polar surface area (TPSA) is 46.5 Å². The van der Waals surface area contributed by atoms with Crippen molar-refractivity contribution in [1.29, 1.82) is 0 Å². The second-order valence-electron chi connectivity index (χ2n) is 4.80. The van der Waals surface area contributed by atoms with Crippen LogP contribution in [0.5, 0.6) is 5.75 Å². The van der Waals surface area contributed by atoms with Crippen LogP contribution in [0.4, 0.5) is 13.2 Å². The summed E-state index contributed by atoms with van der Waals surface area (Å²) in [7, 11) is 0. The van der Waals surface area contributed by atoms with Gasteiger partial charge in [-0.15, -0.1) is 11.3 Å². The van der Waals surface area contributed by atoms with Crippen LogP contribution in [-0.4, -0.2) is 23.4 Å². The molecule has 1 aromatic heterocycles. The highest BCUT2D eigenvalue weighted by molar-refractivity contribution is 7.19. The number of thiophene rings is 1. The first kappa shape index (κ1) is 15.9. The third-order valence-corrected chi connectivity index (χ3v) is 4.53. The summed E-state index contributed by atoms with van der Waals surface area (Å²) in [6.45, 7) is 0. The van der Waals surface area contributed by atoms with Crippen molar-refractivity contribution in [3.63, 3.8) is 0 Å². The van der Waals surface area contributed by atoms with Crippen LogP contribution in [0.2, 0.25) is 4.34 Å². The Bertz CT molecular complexity index is 811. The van der Waals surface area contributed by atoms with Crippen LogP contribution in [-0.2, 0) is 4.79 Å². The number of benzene rings is 1. The number of halogens is 4. The Kier molecular flexibility index (Phi) is 3.85. The highest BCUT2D eigenvalue weighted by Crippen LogP contribution is 2.40. The first-order valence-electron chi connectivity index (χ1n) is 6.34. The van der Waals surface area contributed by atoms with E-state index in [2.05, 4.69) is 0 Å². The van der Waals surface area contributed by atoms with Crippen molar-refractivity contribution in [3.05, 3.63) is 45.8 Å². The van der Waals surface area contributed by atoms with Crippen LogP contribution in [0, 0.1) is 0 Å². The molecule has 2 heterocycles. The van der Waals surface area contributed by atoms with Crippen LogP contribution < -0.4 is 4.74 Å². The molecule has 0 bridgehead atoms. The fourth-order valence-corrected chi connectivity index (χ4v) is 3.28. The molecule has 0 saturated heterocycles. The Hall–Kier alpha value is -1.99. The summed E-state index contributed by atoms with van der Waals surface area (Å²) in [5, 5.41) is 9.02. The first-order valence-corrected chi connectivity index (χ1v) is 7.53. The molecule has 0 spiro atoms. The molecule has 120 valence electrons. The predicted octanol–water partition coefficient (Wildman–Crippen LogP) is 4.86. The molecular weight excluding hydrogens is 353 g/mol. The Morgan fingerprint density at radius 3 is 2.57 bits per heavy atom. The van der Waals surface area contributed by atoms with Gasteiger partial charge in [-0.25, -0.2) is 4.79 Å².